The van der Waals surface area contributed by atoms with Gasteiger partial charge in [0.05, 0.1) is 5.92 Å². The Morgan fingerprint density at radius 2 is 2.10 bits per heavy atom. The predicted molar refractivity (Wildman–Crippen MR) is 133 cm³/mol. The lowest BCUT2D eigenvalue weighted by Crippen LogP contribution is -2.49. The second kappa shape index (κ2) is 9.75. The fraction of sp³-hybridized carbons (Fsp3) is 0.519. The zero-order valence-electron chi connectivity index (χ0n) is 20.0. The SMILES string of the molecule is C=CCN1C[C@H](C(=O)N(C)C(C)C)C=C2c3ccc(Cl)c(C)c3/C(=C(/C)CCC)C[C@H]21. The number of nitrogens with zero attached hydrogens (tertiary/aromatic N) is 2. The van der Waals surface area contributed by atoms with Crippen LogP contribution >= 0.6 is 11.6 Å². The third-order valence-electron chi connectivity index (χ3n) is 6.96. The molecule has 3 rings (SSSR count). The van der Waals surface area contributed by atoms with Crippen LogP contribution in [0.1, 0.15) is 63.6 Å². The van der Waals surface area contributed by atoms with Crippen LogP contribution in [-0.2, 0) is 4.79 Å². The average Bonchev–Trinajstić information content (AvgIpc) is 2.74. The van der Waals surface area contributed by atoms with E-state index in [2.05, 4.69) is 58.2 Å². The first-order chi connectivity index (χ1) is 14.7. The van der Waals surface area contributed by atoms with Gasteiger partial charge in [-0.2, -0.15) is 0 Å². The first-order valence-corrected chi connectivity index (χ1v) is 11.9. The molecule has 31 heavy (non-hydrogen) atoms. The molecule has 168 valence electrons. The van der Waals surface area contributed by atoms with Crippen molar-refractivity contribution in [1.82, 2.24) is 9.80 Å². The summed E-state index contributed by atoms with van der Waals surface area (Å²) in [6, 6.07) is 4.62. The van der Waals surface area contributed by atoms with Crippen LogP contribution in [0.25, 0.3) is 11.1 Å². The van der Waals surface area contributed by atoms with Gasteiger partial charge >= 0.3 is 0 Å². The molecule has 0 N–H and O–H groups in total. The zero-order valence-corrected chi connectivity index (χ0v) is 20.7. The highest BCUT2D eigenvalue weighted by Crippen LogP contribution is 2.47. The number of amides is 1. The van der Waals surface area contributed by atoms with Crippen LogP contribution in [-0.4, -0.2) is 47.9 Å². The van der Waals surface area contributed by atoms with Gasteiger partial charge in [0.25, 0.3) is 0 Å². The first kappa shape index (κ1) is 23.8. The maximum atomic E-state index is 13.3. The van der Waals surface area contributed by atoms with Crippen molar-refractivity contribution in [3.63, 3.8) is 0 Å². The van der Waals surface area contributed by atoms with E-state index in [1.807, 2.05) is 24.1 Å². The quantitative estimate of drug-likeness (QED) is 0.480. The van der Waals surface area contributed by atoms with Crippen molar-refractivity contribution in [2.75, 3.05) is 20.1 Å². The monoisotopic (exact) mass is 440 g/mol. The van der Waals surface area contributed by atoms with Gasteiger partial charge in [-0.1, -0.05) is 48.7 Å². The minimum absolute atomic E-state index is 0.148. The van der Waals surface area contributed by atoms with Gasteiger partial charge < -0.3 is 4.90 Å². The summed E-state index contributed by atoms with van der Waals surface area (Å²) in [6.45, 7) is 16.3. The van der Waals surface area contributed by atoms with Crippen molar-refractivity contribution in [2.45, 2.75) is 66.0 Å². The molecule has 1 aliphatic carbocycles. The Kier molecular flexibility index (Phi) is 7.49. The van der Waals surface area contributed by atoms with E-state index in [0.29, 0.717) is 0 Å². The summed E-state index contributed by atoms with van der Waals surface area (Å²) in [6.07, 6.45) is 7.38. The molecule has 4 heteroatoms. The largest absolute Gasteiger partial charge is 0.343 e. The number of carbonyl (C=O) groups excluding carboxylic acids is 1. The maximum Gasteiger partial charge on any atom is 0.230 e. The number of hydrogen-bond donors (Lipinski definition) is 0. The lowest BCUT2D eigenvalue weighted by atomic mass is 9.73. The molecule has 1 aromatic rings. The molecule has 0 fully saturated rings. The van der Waals surface area contributed by atoms with Gasteiger partial charge in [0.2, 0.25) is 5.91 Å². The van der Waals surface area contributed by atoms with Crippen molar-refractivity contribution < 1.29 is 4.79 Å². The smallest absolute Gasteiger partial charge is 0.230 e. The van der Waals surface area contributed by atoms with Crippen molar-refractivity contribution in [3.8, 4) is 0 Å². The lowest BCUT2D eigenvalue weighted by Gasteiger charge is -2.44. The summed E-state index contributed by atoms with van der Waals surface area (Å²) in [7, 11) is 1.91. The molecule has 0 saturated carbocycles. The van der Waals surface area contributed by atoms with Crippen LogP contribution in [0.2, 0.25) is 5.02 Å². The number of rotatable bonds is 6. The summed E-state index contributed by atoms with van der Waals surface area (Å²) in [4.78, 5) is 17.6. The molecular formula is C27H37ClN2O. The van der Waals surface area contributed by atoms with Gasteiger partial charge in [0.1, 0.15) is 0 Å². The van der Waals surface area contributed by atoms with Gasteiger partial charge in [0.15, 0.2) is 0 Å². The van der Waals surface area contributed by atoms with E-state index >= 15 is 0 Å². The van der Waals surface area contributed by atoms with E-state index in [9.17, 15) is 4.79 Å². The molecule has 2 atom stereocenters. The van der Waals surface area contributed by atoms with Gasteiger partial charge in [-0.3, -0.25) is 9.69 Å². The van der Waals surface area contributed by atoms with Crippen LogP contribution < -0.4 is 0 Å². The number of fused-ring (bicyclic) bond motifs is 3. The summed E-state index contributed by atoms with van der Waals surface area (Å²) in [5.74, 6) is 0.0375. The molecule has 0 bridgehead atoms. The topological polar surface area (TPSA) is 23.6 Å². The number of carbonyl (C=O) groups is 1. The van der Waals surface area contributed by atoms with Crippen molar-refractivity contribution in [3.05, 3.63) is 58.1 Å². The third kappa shape index (κ3) is 4.54. The molecule has 0 saturated heterocycles. The van der Waals surface area contributed by atoms with Gasteiger partial charge in [-0.15, -0.1) is 6.58 Å². The van der Waals surface area contributed by atoms with Crippen LogP contribution in [0, 0.1) is 12.8 Å². The summed E-state index contributed by atoms with van der Waals surface area (Å²) in [5.41, 5.74) is 7.81. The average molecular weight is 441 g/mol. The van der Waals surface area contributed by atoms with Crippen molar-refractivity contribution in [2.24, 2.45) is 5.92 Å². The maximum absolute atomic E-state index is 13.3. The lowest BCUT2D eigenvalue weighted by molar-refractivity contribution is -0.135. The van der Waals surface area contributed by atoms with E-state index in [1.54, 1.807) is 0 Å². The highest BCUT2D eigenvalue weighted by molar-refractivity contribution is 6.31. The molecule has 0 aromatic heterocycles. The molecule has 1 amide bonds. The van der Waals surface area contributed by atoms with Gasteiger partial charge in [-0.25, -0.2) is 0 Å². The summed E-state index contributed by atoms with van der Waals surface area (Å²) in [5, 5.41) is 0.811. The Hall–Kier alpha value is -1.84. The molecule has 0 spiro atoms. The van der Waals surface area contributed by atoms with Crippen LogP contribution in [0.15, 0.2) is 36.4 Å². The number of hydrogen-bond acceptors (Lipinski definition) is 2. The molecule has 1 aliphatic heterocycles. The highest BCUT2D eigenvalue weighted by atomic mass is 35.5. The van der Waals surface area contributed by atoms with Crippen LogP contribution in [0.4, 0.5) is 0 Å². The Morgan fingerprint density at radius 3 is 2.71 bits per heavy atom. The Labute approximate surface area is 193 Å². The van der Waals surface area contributed by atoms with Crippen molar-refractivity contribution in [1.29, 1.82) is 0 Å². The standard InChI is InChI=1S/C27H37ClN2O/c1-8-10-18(5)22-15-25-23(21-11-12-24(28)19(6)26(21)22)14-20(16-30(25)13-9-2)27(31)29(7)17(3)4/h9,11-12,14,17,20,25H,2,8,10,13,15-16H2,1,3-7H3/b22-18-/t20-,25-/m1/s1. The predicted octanol–water partition coefficient (Wildman–Crippen LogP) is 6.36. The van der Waals surface area contributed by atoms with E-state index < -0.39 is 0 Å². The second-order valence-corrected chi connectivity index (χ2v) is 9.74. The first-order valence-electron chi connectivity index (χ1n) is 11.5. The van der Waals surface area contributed by atoms with E-state index in [4.69, 9.17) is 11.6 Å². The summed E-state index contributed by atoms with van der Waals surface area (Å²) >= 11 is 6.58. The Bertz CT molecular complexity index is 927. The van der Waals surface area contributed by atoms with Crippen molar-refractivity contribution >= 4 is 28.7 Å². The van der Waals surface area contributed by atoms with E-state index in [0.717, 1.165) is 42.9 Å². The highest BCUT2D eigenvalue weighted by Gasteiger charge is 2.39. The minimum Gasteiger partial charge on any atom is -0.343 e. The second-order valence-electron chi connectivity index (χ2n) is 9.34. The van der Waals surface area contributed by atoms with Gasteiger partial charge in [0, 0.05) is 37.2 Å². The molecule has 1 heterocycles. The Balaban J connectivity index is 2.20. The molecule has 1 aromatic carbocycles. The Morgan fingerprint density at radius 1 is 1.39 bits per heavy atom. The number of allylic oxidation sites excluding steroid dienone is 1. The van der Waals surface area contributed by atoms with Gasteiger partial charge in [-0.05, 0) is 74.4 Å². The molecule has 3 nitrogen and oxygen atoms in total. The fourth-order valence-electron chi connectivity index (χ4n) is 5.02. The van der Waals surface area contributed by atoms with E-state index in [1.165, 1.54) is 27.8 Å². The number of benzene rings is 1. The van der Waals surface area contributed by atoms with Crippen LogP contribution in [0.3, 0.4) is 0 Å². The molecule has 0 radical (unpaired) electrons. The molecule has 0 unspecified atom stereocenters. The third-order valence-corrected chi connectivity index (χ3v) is 7.37. The molecule has 2 aliphatic rings. The molecular weight excluding hydrogens is 404 g/mol. The van der Waals surface area contributed by atoms with E-state index in [-0.39, 0.29) is 23.9 Å². The fourth-order valence-corrected chi connectivity index (χ4v) is 5.18. The normalized spacial score (nSPS) is 22.5. The summed E-state index contributed by atoms with van der Waals surface area (Å²) < 4.78 is 0. The minimum atomic E-state index is -0.148. The number of halogens is 1. The van der Waals surface area contributed by atoms with Crippen LogP contribution in [0.5, 0.6) is 0 Å². The zero-order chi connectivity index (χ0) is 22.9.